The zero-order valence-electron chi connectivity index (χ0n) is 7.70. The molecule has 0 radical (unpaired) electrons. The molecule has 0 heterocycles. The van der Waals surface area contributed by atoms with Crippen molar-refractivity contribution in [2.24, 2.45) is 5.92 Å². The van der Waals surface area contributed by atoms with Crippen molar-refractivity contribution in [3.8, 4) is 0 Å². The molecule has 1 rings (SSSR count). The predicted molar refractivity (Wildman–Crippen MR) is 38.4 cm³/mol. The number of hydrogen-bond acceptors (Lipinski definition) is 2. The Labute approximate surface area is 63.0 Å². The number of carbonyl (C=O) groups is 1. The molecule has 0 N–H and O–H groups in total. The van der Waals surface area contributed by atoms with Gasteiger partial charge in [0.15, 0.2) is 0 Å². The highest BCUT2D eigenvalue weighted by atomic mass is 16.5. The van der Waals surface area contributed by atoms with Crippen LogP contribution in [0.15, 0.2) is 24.3 Å². The van der Waals surface area contributed by atoms with Crippen molar-refractivity contribution in [1.29, 1.82) is 0 Å². The topological polar surface area (TPSA) is 26.3 Å². The van der Waals surface area contributed by atoms with Gasteiger partial charge in [-0.2, -0.15) is 0 Å². The molecule has 0 atom stereocenters. The van der Waals surface area contributed by atoms with Crippen molar-refractivity contribution in [3.05, 3.63) is 24.3 Å². The third-order valence-corrected chi connectivity index (χ3v) is 1.09. The maximum Gasteiger partial charge on any atom is 0.302 e. The van der Waals surface area contributed by atoms with E-state index in [0.717, 1.165) is 0 Å². The molecule has 0 amide bonds. The van der Waals surface area contributed by atoms with Crippen LogP contribution < -0.4 is 0 Å². The van der Waals surface area contributed by atoms with Gasteiger partial charge in [-0.3, -0.25) is 4.79 Å². The van der Waals surface area contributed by atoms with Crippen molar-refractivity contribution >= 4 is 5.97 Å². The van der Waals surface area contributed by atoms with E-state index in [1.807, 2.05) is 0 Å². The lowest BCUT2D eigenvalue weighted by Gasteiger charge is -2.03. The molecule has 1 aliphatic rings. The minimum atomic E-state index is -1.92. The molecule has 0 aromatic carbocycles. The van der Waals surface area contributed by atoms with Gasteiger partial charge in [0.25, 0.3) is 0 Å². The van der Waals surface area contributed by atoms with Crippen LogP contribution in [0.5, 0.6) is 0 Å². The van der Waals surface area contributed by atoms with Crippen LogP contribution >= 0.6 is 0 Å². The molecular formula is C8H10O2. The Balaban J connectivity index is 2.64. The third kappa shape index (κ3) is 2.05. The first-order valence-corrected chi connectivity index (χ1v) is 3.07. The molecule has 0 aromatic heterocycles. The third-order valence-electron chi connectivity index (χ3n) is 1.09. The molecule has 0 saturated heterocycles. The van der Waals surface area contributed by atoms with Crippen molar-refractivity contribution in [3.63, 3.8) is 0 Å². The lowest BCUT2D eigenvalue weighted by molar-refractivity contribution is -0.141. The van der Waals surface area contributed by atoms with Crippen LogP contribution in [0.4, 0.5) is 0 Å². The minimum absolute atomic E-state index is 0.457. The summed E-state index contributed by atoms with van der Waals surface area (Å²) >= 11 is 0. The summed E-state index contributed by atoms with van der Waals surface area (Å²) in [7, 11) is 0. The number of hydrogen-bond donors (Lipinski definition) is 0. The first-order valence-electron chi connectivity index (χ1n) is 4.07. The predicted octanol–water partition coefficient (Wildman–Crippen LogP) is 1.29. The lowest BCUT2D eigenvalue weighted by Crippen LogP contribution is -2.06. The van der Waals surface area contributed by atoms with Crippen LogP contribution in [0.3, 0.4) is 0 Å². The average Bonchev–Trinajstić information content (AvgIpc) is 2.32. The van der Waals surface area contributed by atoms with Crippen LogP contribution in [-0.2, 0) is 9.53 Å². The Morgan fingerprint density at radius 1 is 1.70 bits per heavy atom. The second-order valence-electron chi connectivity index (χ2n) is 2.01. The summed E-state index contributed by atoms with van der Waals surface area (Å²) in [6.07, 6.45) is 6.77. The number of carbonyl (C=O) groups excluding carboxylic acids is 1. The molecule has 0 fully saturated rings. The molecule has 2 nitrogen and oxygen atoms in total. The zero-order valence-corrected chi connectivity index (χ0v) is 5.70. The molecule has 0 saturated carbocycles. The summed E-state index contributed by atoms with van der Waals surface area (Å²) in [6.45, 7) is -0.727. The maximum absolute atomic E-state index is 10.5. The number of allylic oxidation sites excluding steroid dienone is 2. The number of rotatable bonds is 2. The van der Waals surface area contributed by atoms with E-state index in [0.29, 0.717) is 0 Å². The van der Waals surface area contributed by atoms with E-state index in [9.17, 15) is 4.79 Å². The standard InChI is InChI=1S/C8H10O2/c1-7(9)10-6-8-4-2-3-5-8/h2-5,8H,6H2,1H3/i6D2. The van der Waals surface area contributed by atoms with E-state index in [1.165, 1.54) is 6.92 Å². The van der Waals surface area contributed by atoms with E-state index >= 15 is 0 Å². The molecule has 10 heavy (non-hydrogen) atoms. The smallest absolute Gasteiger partial charge is 0.302 e. The highest BCUT2D eigenvalue weighted by molar-refractivity contribution is 5.65. The van der Waals surface area contributed by atoms with Crippen molar-refractivity contribution in [2.75, 3.05) is 6.56 Å². The minimum Gasteiger partial charge on any atom is -0.465 e. The fourth-order valence-electron chi connectivity index (χ4n) is 0.661. The van der Waals surface area contributed by atoms with E-state index in [-0.39, 0.29) is 0 Å². The highest BCUT2D eigenvalue weighted by Gasteiger charge is 2.04. The molecule has 0 aromatic rings. The van der Waals surface area contributed by atoms with Gasteiger partial charge in [-0.25, -0.2) is 0 Å². The summed E-state index contributed by atoms with van der Waals surface area (Å²) < 4.78 is 19.3. The van der Waals surface area contributed by atoms with Gasteiger partial charge in [0.2, 0.25) is 0 Å². The molecular weight excluding hydrogens is 128 g/mol. The van der Waals surface area contributed by atoms with Crippen LogP contribution in [-0.4, -0.2) is 12.5 Å². The molecule has 2 heteroatoms. The Bertz CT molecular complexity index is 231. The van der Waals surface area contributed by atoms with Gasteiger partial charge < -0.3 is 4.74 Å². The Hall–Kier alpha value is -1.05. The van der Waals surface area contributed by atoms with Gasteiger partial charge in [-0.1, -0.05) is 24.3 Å². The largest absolute Gasteiger partial charge is 0.465 e. The monoisotopic (exact) mass is 140 g/mol. The van der Waals surface area contributed by atoms with Crippen molar-refractivity contribution in [1.82, 2.24) is 0 Å². The molecule has 0 bridgehead atoms. The van der Waals surface area contributed by atoms with E-state index in [2.05, 4.69) is 4.74 Å². The Kier molecular flexibility index (Phi) is 1.51. The second-order valence-corrected chi connectivity index (χ2v) is 2.01. The van der Waals surface area contributed by atoms with Crippen LogP contribution in [0.1, 0.15) is 9.67 Å². The first kappa shape index (κ1) is 4.72. The molecule has 54 valence electrons. The zero-order chi connectivity index (χ0) is 9.19. The van der Waals surface area contributed by atoms with Crippen LogP contribution in [0.2, 0.25) is 0 Å². The van der Waals surface area contributed by atoms with Gasteiger partial charge in [-0.15, -0.1) is 0 Å². The van der Waals surface area contributed by atoms with E-state index in [1.54, 1.807) is 24.3 Å². The SMILES string of the molecule is [2H]C([2H])(OC(C)=O)C1C=CC=C1. The fraction of sp³-hybridized carbons (Fsp3) is 0.375. The summed E-state index contributed by atoms with van der Waals surface area (Å²) in [5, 5.41) is 0. The summed E-state index contributed by atoms with van der Waals surface area (Å²) in [5.41, 5.74) is 0. The van der Waals surface area contributed by atoms with Crippen LogP contribution in [0, 0.1) is 5.92 Å². The van der Waals surface area contributed by atoms with Gasteiger partial charge in [0, 0.05) is 12.8 Å². The van der Waals surface area contributed by atoms with E-state index < -0.39 is 18.4 Å². The summed E-state index contributed by atoms with van der Waals surface area (Å²) in [6, 6.07) is 0. The highest BCUT2D eigenvalue weighted by Crippen LogP contribution is 2.08. The average molecular weight is 140 g/mol. The summed E-state index contributed by atoms with van der Waals surface area (Å²) in [4.78, 5) is 10.5. The van der Waals surface area contributed by atoms with Gasteiger partial charge in [0.05, 0.1) is 2.74 Å². The fourth-order valence-corrected chi connectivity index (χ4v) is 0.661. The van der Waals surface area contributed by atoms with Crippen molar-refractivity contribution < 1.29 is 12.3 Å². The van der Waals surface area contributed by atoms with Gasteiger partial charge in [-0.05, 0) is 0 Å². The maximum atomic E-state index is 10.5. The second kappa shape index (κ2) is 3.20. The lowest BCUT2D eigenvalue weighted by atomic mass is 10.2. The van der Waals surface area contributed by atoms with E-state index in [4.69, 9.17) is 2.74 Å². The van der Waals surface area contributed by atoms with Gasteiger partial charge >= 0.3 is 5.97 Å². The summed E-state index contributed by atoms with van der Waals surface area (Å²) in [5.74, 6) is -1.06. The van der Waals surface area contributed by atoms with Crippen molar-refractivity contribution in [2.45, 2.75) is 6.92 Å². The molecule has 0 spiro atoms. The molecule has 0 unspecified atom stereocenters. The Morgan fingerprint density at radius 3 is 2.80 bits per heavy atom. The first-order chi connectivity index (χ1) is 5.52. The number of ether oxygens (including phenoxy) is 1. The molecule has 0 aliphatic heterocycles. The Morgan fingerprint density at radius 2 is 2.30 bits per heavy atom. The van der Waals surface area contributed by atoms with Crippen LogP contribution in [0.25, 0.3) is 0 Å². The normalized spacial score (nSPS) is 20.5. The quantitative estimate of drug-likeness (QED) is 0.540. The number of esters is 1. The molecule has 1 aliphatic carbocycles. The van der Waals surface area contributed by atoms with Gasteiger partial charge in [0.1, 0.15) is 6.56 Å².